The van der Waals surface area contributed by atoms with Gasteiger partial charge in [0.2, 0.25) is 0 Å². The summed E-state index contributed by atoms with van der Waals surface area (Å²) in [7, 11) is 1.52. The third-order valence-corrected chi connectivity index (χ3v) is 2.79. The molecule has 0 radical (unpaired) electrons. The molecule has 0 bridgehead atoms. The highest BCUT2D eigenvalue weighted by atomic mass is 35.5. The van der Waals surface area contributed by atoms with Gasteiger partial charge < -0.3 is 14.9 Å². The number of aliphatic hydroxyl groups is 2. The van der Waals surface area contributed by atoms with Crippen LogP contribution in [0.5, 0.6) is 5.75 Å². The molecule has 5 heteroatoms. The van der Waals surface area contributed by atoms with E-state index in [1.54, 1.807) is 18.2 Å². The van der Waals surface area contributed by atoms with E-state index in [0.29, 0.717) is 16.3 Å². The van der Waals surface area contributed by atoms with Gasteiger partial charge in [0.15, 0.2) is 0 Å². The van der Waals surface area contributed by atoms with Crippen molar-refractivity contribution < 1.29 is 14.9 Å². The molecule has 3 nitrogen and oxygen atoms in total. The van der Waals surface area contributed by atoms with E-state index in [2.05, 4.69) is 12.6 Å². The van der Waals surface area contributed by atoms with Crippen molar-refractivity contribution in [2.45, 2.75) is 12.2 Å². The quantitative estimate of drug-likeness (QED) is 0.711. The first-order valence-electron chi connectivity index (χ1n) is 4.40. The van der Waals surface area contributed by atoms with Crippen molar-refractivity contribution in [1.82, 2.24) is 0 Å². The standard InChI is InChI=1S/C10H13ClO3S/c1-14-6-2-3-8(11)7(4-6)10(13)9(12)5-15/h2-4,9-10,12-13,15H,5H2,1H3. The van der Waals surface area contributed by atoms with Gasteiger partial charge in [-0.2, -0.15) is 12.6 Å². The first-order chi connectivity index (χ1) is 7.10. The fourth-order valence-corrected chi connectivity index (χ4v) is 1.61. The average Bonchev–Trinajstić information content (AvgIpc) is 2.27. The second-order valence-electron chi connectivity index (χ2n) is 3.08. The van der Waals surface area contributed by atoms with Crippen molar-refractivity contribution in [1.29, 1.82) is 0 Å². The molecule has 2 N–H and O–H groups in total. The number of thiol groups is 1. The Kier molecular flexibility index (Phi) is 4.73. The Balaban J connectivity index is 3.01. The van der Waals surface area contributed by atoms with Gasteiger partial charge in [-0.15, -0.1) is 0 Å². The van der Waals surface area contributed by atoms with E-state index in [4.69, 9.17) is 16.3 Å². The number of rotatable bonds is 4. The molecule has 2 atom stereocenters. The molecule has 84 valence electrons. The summed E-state index contributed by atoms with van der Waals surface area (Å²) >= 11 is 9.80. The molecule has 0 heterocycles. The predicted octanol–water partition coefficient (Wildman–Crippen LogP) is 1.67. The van der Waals surface area contributed by atoms with Gasteiger partial charge in [0.05, 0.1) is 13.2 Å². The molecule has 1 aromatic rings. The fraction of sp³-hybridized carbons (Fsp3) is 0.400. The molecule has 0 fully saturated rings. The lowest BCUT2D eigenvalue weighted by atomic mass is 10.1. The predicted molar refractivity (Wildman–Crippen MR) is 62.8 cm³/mol. The molecule has 0 amide bonds. The lowest BCUT2D eigenvalue weighted by Gasteiger charge is -2.18. The maximum Gasteiger partial charge on any atom is 0.119 e. The number of hydrogen-bond acceptors (Lipinski definition) is 4. The first-order valence-corrected chi connectivity index (χ1v) is 5.41. The highest BCUT2D eigenvalue weighted by Gasteiger charge is 2.20. The summed E-state index contributed by atoms with van der Waals surface area (Å²) in [5, 5.41) is 19.6. The number of methoxy groups -OCH3 is 1. The molecule has 2 unspecified atom stereocenters. The van der Waals surface area contributed by atoms with E-state index in [0.717, 1.165) is 0 Å². The van der Waals surface area contributed by atoms with Crippen LogP contribution in [0.2, 0.25) is 5.02 Å². The molecular weight excluding hydrogens is 236 g/mol. The summed E-state index contributed by atoms with van der Waals surface area (Å²) in [6.45, 7) is 0. The molecule has 1 aromatic carbocycles. The van der Waals surface area contributed by atoms with Crippen LogP contribution in [0.15, 0.2) is 18.2 Å². The molecular formula is C10H13ClO3S. The molecule has 0 spiro atoms. The van der Waals surface area contributed by atoms with E-state index in [1.165, 1.54) is 7.11 Å². The van der Waals surface area contributed by atoms with Gasteiger partial charge in [0, 0.05) is 16.3 Å². The van der Waals surface area contributed by atoms with Crippen LogP contribution < -0.4 is 4.74 Å². The zero-order valence-electron chi connectivity index (χ0n) is 8.22. The Labute approximate surface area is 99.1 Å². The zero-order valence-corrected chi connectivity index (χ0v) is 9.87. The lowest BCUT2D eigenvalue weighted by molar-refractivity contribution is 0.0337. The number of hydrogen-bond donors (Lipinski definition) is 3. The summed E-state index contributed by atoms with van der Waals surface area (Å²) in [5.74, 6) is 0.745. The van der Waals surface area contributed by atoms with E-state index < -0.39 is 12.2 Å². The van der Waals surface area contributed by atoms with Gasteiger partial charge in [-0.25, -0.2) is 0 Å². The number of ether oxygens (including phenoxy) is 1. The smallest absolute Gasteiger partial charge is 0.119 e. The molecule has 0 saturated heterocycles. The lowest BCUT2D eigenvalue weighted by Crippen LogP contribution is -2.20. The summed E-state index contributed by atoms with van der Waals surface area (Å²) < 4.78 is 5.00. The number of halogens is 1. The van der Waals surface area contributed by atoms with Crippen LogP contribution in [0, 0.1) is 0 Å². The normalized spacial score (nSPS) is 14.7. The second-order valence-corrected chi connectivity index (χ2v) is 3.85. The summed E-state index contributed by atoms with van der Waals surface area (Å²) in [5.41, 5.74) is 0.442. The third-order valence-electron chi connectivity index (χ3n) is 2.07. The third kappa shape index (κ3) is 3.01. The largest absolute Gasteiger partial charge is 0.497 e. The molecule has 0 aliphatic carbocycles. The minimum Gasteiger partial charge on any atom is -0.497 e. The molecule has 1 rings (SSSR count). The van der Waals surface area contributed by atoms with Gasteiger partial charge >= 0.3 is 0 Å². The van der Waals surface area contributed by atoms with Crippen LogP contribution in [-0.2, 0) is 0 Å². The highest BCUT2D eigenvalue weighted by molar-refractivity contribution is 7.80. The van der Waals surface area contributed by atoms with Crippen LogP contribution in [0.1, 0.15) is 11.7 Å². The van der Waals surface area contributed by atoms with Gasteiger partial charge in [0.25, 0.3) is 0 Å². The van der Waals surface area contributed by atoms with Crippen LogP contribution in [0.3, 0.4) is 0 Å². The fourth-order valence-electron chi connectivity index (χ4n) is 1.18. The molecule has 15 heavy (non-hydrogen) atoms. The number of aliphatic hydroxyl groups excluding tert-OH is 2. The molecule has 0 aliphatic rings. The summed E-state index contributed by atoms with van der Waals surface area (Å²) in [6, 6.07) is 4.90. The van der Waals surface area contributed by atoms with Crippen molar-refractivity contribution in [3.05, 3.63) is 28.8 Å². The Bertz CT molecular complexity index is 332. The van der Waals surface area contributed by atoms with E-state index in [-0.39, 0.29) is 5.75 Å². The van der Waals surface area contributed by atoms with Crippen molar-refractivity contribution in [3.63, 3.8) is 0 Å². The summed E-state index contributed by atoms with van der Waals surface area (Å²) in [4.78, 5) is 0. The van der Waals surface area contributed by atoms with E-state index in [1.807, 2.05) is 0 Å². The van der Waals surface area contributed by atoms with Crippen molar-refractivity contribution in [2.75, 3.05) is 12.9 Å². The Morgan fingerprint density at radius 3 is 2.67 bits per heavy atom. The topological polar surface area (TPSA) is 49.7 Å². The SMILES string of the molecule is COc1ccc(Cl)c(C(O)C(O)CS)c1. The monoisotopic (exact) mass is 248 g/mol. The Morgan fingerprint density at radius 1 is 1.47 bits per heavy atom. The maximum atomic E-state index is 9.75. The molecule has 0 saturated carbocycles. The Morgan fingerprint density at radius 2 is 2.13 bits per heavy atom. The van der Waals surface area contributed by atoms with Gasteiger partial charge in [0.1, 0.15) is 11.9 Å². The van der Waals surface area contributed by atoms with Crippen LogP contribution >= 0.6 is 24.2 Å². The Hall–Kier alpha value is -0.420. The molecule has 0 aromatic heterocycles. The van der Waals surface area contributed by atoms with Gasteiger partial charge in [-0.1, -0.05) is 11.6 Å². The van der Waals surface area contributed by atoms with E-state index in [9.17, 15) is 10.2 Å². The maximum absolute atomic E-state index is 9.75. The van der Waals surface area contributed by atoms with Crippen LogP contribution in [0.25, 0.3) is 0 Å². The van der Waals surface area contributed by atoms with Gasteiger partial charge in [-0.3, -0.25) is 0 Å². The minimum atomic E-state index is -1.05. The van der Waals surface area contributed by atoms with E-state index >= 15 is 0 Å². The highest BCUT2D eigenvalue weighted by Crippen LogP contribution is 2.29. The summed E-state index contributed by atoms with van der Waals surface area (Å²) in [6.07, 6.45) is -2.00. The van der Waals surface area contributed by atoms with Crippen molar-refractivity contribution in [2.24, 2.45) is 0 Å². The second kappa shape index (κ2) is 5.61. The van der Waals surface area contributed by atoms with Crippen molar-refractivity contribution in [3.8, 4) is 5.75 Å². The number of benzene rings is 1. The minimum absolute atomic E-state index is 0.161. The average molecular weight is 249 g/mol. The molecule has 0 aliphatic heterocycles. The van der Waals surface area contributed by atoms with Gasteiger partial charge in [-0.05, 0) is 18.2 Å². The van der Waals surface area contributed by atoms with Crippen LogP contribution in [0.4, 0.5) is 0 Å². The zero-order chi connectivity index (χ0) is 11.4. The first kappa shape index (κ1) is 12.6. The van der Waals surface area contributed by atoms with Crippen LogP contribution in [-0.4, -0.2) is 29.2 Å². The van der Waals surface area contributed by atoms with Crippen molar-refractivity contribution >= 4 is 24.2 Å².